The van der Waals surface area contributed by atoms with Gasteiger partial charge in [-0.3, -0.25) is 14.6 Å². The predicted molar refractivity (Wildman–Crippen MR) is 147 cm³/mol. The first-order valence-corrected chi connectivity index (χ1v) is 12.5. The van der Waals surface area contributed by atoms with Crippen LogP contribution in [-0.4, -0.2) is 53.3 Å². The highest BCUT2D eigenvalue weighted by atomic mass is 15.4. The first kappa shape index (κ1) is 23.6. The van der Waals surface area contributed by atoms with Crippen LogP contribution in [-0.2, 0) is 13.1 Å². The van der Waals surface area contributed by atoms with E-state index >= 15 is 0 Å². The molecule has 6 rings (SSSR count). The quantitative estimate of drug-likeness (QED) is 0.330. The molecule has 1 aromatic carbocycles. The maximum absolute atomic E-state index is 5.04. The van der Waals surface area contributed by atoms with Gasteiger partial charge in [-0.05, 0) is 49.9 Å². The molecule has 9 nitrogen and oxygen atoms in total. The minimum absolute atomic E-state index is 0.568. The van der Waals surface area contributed by atoms with Gasteiger partial charge in [-0.1, -0.05) is 41.6 Å². The molecule has 0 radical (unpaired) electrons. The lowest BCUT2D eigenvalue weighted by Crippen LogP contribution is -2.14. The molecular formula is C29H27N9. The molecule has 0 saturated heterocycles. The summed E-state index contributed by atoms with van der Waals surface area (Å²) in [4.78, 5) is 14.4. The Labute approximate surface area is 220 Å². The summed E-state index contributed by atoms with van der Waals surface area (Å²) in [6.45, 7) is 4.19. The maximum atomic E-state index is 5.04. The zero-order chi connectivity index (χ0) is 25.9. The van der Waals surface area contributed by atoms with Gasteiger partial charge in [0.15, 0.2) is 0 Å². The monoisotopic (exact) mass is 501 g/mol. The van der Waals surface area contributed by atoms with Gasteiger partial charge in [-0.25, -0.2) is 9.67 Å². The number of nitrogens with zero attached hydrogens (tertiary/aromatic N) is 8. The fourth-order valence-corrected chi connectivity index (χ4v) is 4.44. The maximum Gasteiger partial charge on any atom is 0.141 e. The van der Waals surface area contributed by atoms with Crippen LogP contribution in [0.5, 0.6) is 0 Å². The highest BCUT2D eigenvalue weighted by Gasteiger charge is 2.20. The number of benzene rings is 1. The molecule has 188 valence electrons. The molecule has 0 aliphatic rings. The number of aryl methyl sites for hydroxylation is 1. The van der Waals surface area contributed by atoms with Gasteiger partial charge < -0.3 is 5.32 Å². The van der Waals surface area contributed by atoms with Crippen LogP contribution >= 0.6 is 0 Å². The van der Waals surface area contributed by atoms with Crippen LogP contribution in [0.15, 0.2) is 85.3 Å². The van der Waals surface area contributed by atoms with Crippen molar-refractivity contribution in [3.63, 3.8) is 0 Å². The molecule has 0 fully saturated rings. The van der Waals surface area contributed by atoms with Crippen LogP contribution in [0.2, 0.25) is 0 Å². The number of fused-ring (bicyclic) bond motifs is 1. The van der Waals surface area contributed by atoms with E-state index in [2.05, 4.69) is 43.9 Å². The van der Waals surface area contributed by atoms with Crippen LogP contribution in [0.3, 0.4) is 0 Å². The van der Waals surface area contributed by atoms with Crippen molar-refractivity contribution in [2.24, 2.45) is 0 Å². The SMILES string of the molecule is CNCCn1cc(-c2cnc3ccc(-c4c(-c5cccc(C)n5)nnn4Cc4ccccc4)nc3c2)cn1. The summed E-state index contributed by atoms with van der Waals surface area (Å²) in [6, 6.07) is 22.2. The smallest absolute Gasteiger partial charge is 0.141 e. The van der Waals surface area contributed by atoms with Gasteiger partial charge in [0.05, 0.1) is 41.7 Å². The summed E-state index contributed by atoms with van der Waals surface area (Å²) in [5, 5.41) is 16.7. The third-order valence-electron chi connectivity index (χ3n) is 6.38. The fourth-order valence-electron chi connectivity index (χ4n) is 4.44. The zero-order valence-corrected chi connectivity index (χ0v) is 21.3. The van der Waals surface area contributed by atoms with E-state index in [1.165, 1.54) is 0 Å². The molecule has 0 aliphatic carbocycles. The number of nitrogens with one attached hydrogen (secondary N) is 1. The molecule has 9 heteroatoms. The molecule has 0 bridgehead atoms. The molecule has 0 aliphatic heterocycles. The van der Waals surface area contributed by atoms with Crippen LogP contribution in [0.25, 0.3) is 44.9 Å². The molecule has 0 amide bonds. The first-order chi connectivity index (χ1) is 18.7. The molecule has 0 spiro atoms. The molecule has 0 saturated carbocycles. The van der Waals surface area contributed by atoms with E-state index in [1.807, 2.05) is 90.5 Å². The van der Waals surface area contributed by atoms with Crippen molar-refractivity contribution in [1.29, 1.82) is 0 Å². The lowest BCUT2D eigenvalue weighted by Gasteiger charge is -2.10. The Morgan fingerprint density at radius 2 is 1.74 bits per heavy atom. The molecule has 5 heterocycles. The second kappa shape index (κ2) is 10.3. The van der Waals surface area contributed by atoms with E-state index in [0.29, 0.717) is 12.2 Å². The number of aromatic nitrogens is 8. The Morgan fingerprint density at radius 1 is 0.842 bits per heavy atom. The van der Waals surface area contributed by atoms with Crippen molar-refractivity contribution < 1.29 is 0 Å². The zero-order valence-electron chi connectivity index (χ0n) is 21.3. The topological polar surface area (TPSA) is 99.2 Å². The predicted octanol–water partition coefficient (Wildman–Crippen LogP) is 4.39. The van der Waals surface area contributed by atoms with Crippen molar-refractivity contribution in [3.05, 3.63) is 96.6 Å². The van der Waals surface area contributed by atoms with Gasteiger partial charge in [0.1, 0.15) is 11.4 Å². The molecular weight excluding hydrogens is 474 g/mol. The molecule has 5 aromatic heterocycles. The van der Waals surface area contributed by atoms with Crippen molar-refractivity contribution in [3.8, 4) is 33.9 Å². The number of hydrogen-bond donors (Lipinski definition) is 1. The van der Waals surface area contributed by atoms with Crippen molar-refractivity contribution in [2.75, 3.05) is 13.6 Å². The molecule has 6 aromatic rings. The van der Waals surface area contributed by atoms with Gasteiger partial charge >= 0.3 is 0 Å². The lowest BCUT2D eigenvalue weighted by molar-refractivity contribution is 0.585. The second-order valence-electron chi connectivity index (χ2n) is 9.15. The number of likely N-dealkylation sites (N-methyl/N-ethyl adjacent to an activating group) is 1. The standard InChI is InChI=1S/C29H27N9/c1-20-7-6-10-25(33-20)28-29(38(36-35-28)18-21-8-4-3-5-9-21)26-12-11-24-27(34-26)15-22(16-31-24)23-17-32-37(19-23)14-13-30-2/h3-12,15-17,19,30H,13-14,18H2,1-2H3. The van der Waals surface area contributed by atoms with Crippen molar-refractivity contribution >= 4 is 11.0 Å². The van der Waals surface area contributed by atoms with Crippen LogP contribution < -0.4 is 5.32 Å². The van der Waals surface area contributed by atoms with Crippen LogP contribution in [0.1, 0.15) is 11.3 Å². The van der Waals surface area contributed by atoms with Gasteiger partial charge in [-0.2, -0.15) is 5.10 Å². The molecule has 0 atom stereocenters. The van der Waals surface area contributed by atoms with Crippen LogP contribution in [0.4, 0.5) is 0 Å². The Hall–Kier alpha value is -4.76. The summed E-state index contributed by atoms with van der Waals surface area (Å²) in [6.07, 6.45) is 5.76. The van der Waals surface area contributed by atoms with Gasteiger partial charge in [0.2, 0.25) is 0 Å². The van der Waals surface area contributed by atoms with E-state index in [9.17, 15) is 0 Å². The minimum atomic E-state index is 0.568. The summed E-state index contributed by atoms with van der Waals surface area (Å²) >= 11 is 0. The number of rotatable bonds is 8. The van der Waals surface area contributed by atoms with Crippen LogP contribution in [0, 0.1) is 6.92 Å². The van der Waals surface area contributed by atoms with Gasteiger partial charge in [0.25, 0.3) is 0 Å². The normalized spacial score (nSPS) is 11.3. The highest BCUT2D eigenvalue weighted by Crippen LogP contribution is 2.31. The Bertz CT molecular complexity index is 1700. The molecule has 0 unspecified atom stereocenters. The van der Waals surface area contributed by atoms with E-state index in [0.717, 1.165) is 63.6 Å². The molecule has 38 heavy (non-hydrogen) atoms. The van der Waals surface area contributed by atoms with E-state index in [-0.39, 0.29) is 0 Å². The second-order valence-corrected chi connectivity index (χ2v) is 9.15. The highest BCUT2D eigenvalue weighted by molar-refractivity contribution is 5.84. The first-order valence-electron chi connectivity index (χ1n) is 12.5. The molecule has 1 N–H and O–H groups in total. The average Bonchev–Trinajstić information content (AvgIpc) is 3.59. The summed E-state index contributed by atoms with van der Waals surface area (Å²) in [5.41, 5.74) is 8.67. The largest absolute Gasteiger partial charge is 0.318 e. The van der Waals surface area contributed by atoms with E-state index < -0.39 is 0 Å². The van der Waals surface area contributed by atoms with E-state index in [1.54, 1.807) is 0 Å². The van der Waals surface area contributed by atoms with E-state index in [4.69, 9.17) is 9.97 Å². The van der Waals surface area contributed by atoms with Crippen molar-refractivity contribution in [2.45, 2.75) is 20.0 Å². The fraction of sp³-hybridized carbons (Fsp3) is 0.172. The summed E-state index contributed by atoms with van der Waals surface area (Å²) in [5.74, 6) is 0. The van der Waals surface area contributed by atoms with Crippen molar-refractivity contribution in [1.82, 2.24) is 45.0 Å². The Morgan fingerprint density at radius 3 is 2.58 bits per heavy atom. The third kappa shape index (κ3) is 4.79. The lowest BCUT2D eigenvalue weighted by atomic mass is 10.1. The third-order valence-corrected chi connectivity index (χ3v) is 6.38. The summed E-state index contributed by atoms with van der Waals surface area (Å²) < 4.78 is 3.82. The Kier molecular flexibility index (Phi) is 6.41. The average molecular weight is 502 g/mol. The minimum Gasteiger partial charge on any atom is -0.318 e. The Balaban J connectivity index is 1.44. The van der Waals surface area contributed by atoms with Gasteiger partial charge in [0, 0.05) is 35.8 Å². The van der Waals surface area contributed by atoms with Gasteiger partial charge in [-0.15, -0.1) is 5.10 Å². The summed E-state index contributed by atoms with van der Waals surface area (Å²) in [7, 11) is 1.93. The number of pyridine rings is 3. The number of hydrogen-bond acceptors (Lipinski definition) is 7.